The standard InChI is InChI=1S/C20H14N2O2S/c1-23-16-7-6-14-8-13(12-24-18(14)10-16)9-15(11-21)20-22-17-4-2-3-5-19(17)25-20/h2-10H,12H2,1H3/b15-9-. The molecule has 0 radical (unpaired) electrons. The van der Waals surface area contributed by atoms with E-state index in [9.17, 15) is 5.26 Å². The molecule has 4 rings (SSSR count). The lowest BCUT2D eigenvalue weighted by Gasteiger charge is -2.17. The van der Waals surface area contributed by atoms with Gasteiger partial charge in [0, 0.05) is 11.6 Å². The summed E-state index contributed by atoms with van der Waals surface area (Å²) in [5.41, 5.74) is 3.37. The second kappa shape index (κ2) is 6.42. The normalized spacial score (nSPS) is 13.6. The first-order valence-electron chi connectivity index (χ1n) is 7.76. The number of hydrogen-bond donors (Lipinski definition) is 0. The van der Waals surface area contributed by atoms with Crippen molar-refractivity contribution in [1.82, 2.24) is 4.98 Å². The van der Waals surface area contributed by atoms with Gasteiger partial charge in [0.25, 0.3) is 0 Å². The van der Waals surface area contributed by atoms with Crippen LogP contribution in [0.15, 0.2) is 54.1 Å². The summed E-state index contributed by atoms with van der Waals surface area (Å²) in [6.45, 7) is 0.413. The number of thiazole rings is 1. The van der Waals surface area contributed by atoms with E-state index in [2.05, 4.69) is 11.1 Å². The van der Waals surface area contributed by atoms with Gasteiger partial charge in [0.15, 0.2) is 0 Å². The molecule has 0 N–H and O–H groups in total. The first-order valence-corrected chi connectivity index (χ1v) is 8.57. The van der Waals surface area contributed by atoms with Crippen LogP contribution in [0.5, 0.6) is 11.5 Å². The Morgan fingerprint density at radius 3 is 3.00 bits per heavy atom. The zero-order valence-corrected chi connectivity index (χ0v) is 14.3. The van der Waals surface area contributed by atoms with E-state index in [0.717, 1.165) is 37.9 Å². The van der Waals surface area contributed by atoms with Gasteiger partial charge >= 0.3 is 0 Å². The molecule has 1 aliphatic heterocycles. The highest BCUT2D eigenvalue weighted by molar-refractivity contribution is 7.19. The predicted octanol–water partition coefficient (Wildman–Crippen LogP) is 4.69. The van der Waals surface area contributed by atoms with Crippen molar-refractivity contribution in [2.24, 2.45) is 0 Å². The summed E-state index contributed by atoms with van der Waals surface area (Å²) in [4.78, 5) is 4.56. The van der Waals surface area contributed by atoms with Crippen molar-refractivity contribution in [3.8, 4) is 17.6 Å². The van der Waals surface area contributed by atoms with Crippen molar-refractivity contribution in [3.05, 3.63) is 64.7 Å². The number of ether oxygens (including phenoxy) is 2. The van der Waals surface area contributed by atoms with Crippen molar-refractivity contribution in [1.29, 1.82) is 5.26 Å². The van der Waals surface area contributed by atoms with Gasteiger partial charge in [0.2, 0.25) is 0 Å². The van der Waals surface area contributed by atoms with Crippen molar-refractivity contribution < 1.29 is 9.47 Å². The Labute approximate surface area is 149 Å². The molecule has 0 spiro atoms. The second-order valence-corrected chi connectivity index (χ2v) is 6.60. The van der Waals surface area contributed by atoms with E-state index in [0.29, 0.717) is 12.2 Å². The quantitative estimate of drug-likeness (QED) is 0.646. The van der Waals surface area contributed by atoms with Gasteiger partial charge in [0.05, 0.1) is 22.9 Å². The minimum atomic E-state index is 0.413. The van der Waals surface area contributed by atoms with Crippen molar-refractivity contribution in [2.45, 2.75) is 0 Å². The fourth-order valence-corrected chi connectivity index (χ4v) is 3.62. The van der Waals surface area contributed by atoms with Crippen LogP contribution >= 0.6 is 11.3 Å². The van der Waals surface area contributed by atoms with Crippen LogP contribution in [0.25, 0.3) is 21.9 Å². The molecule has 3 aromatic rings. The van der Waals surface area contributed by atoms with E-state index in [1.54, 1.807) is 7.11 Å². The van der Waals surface area contributed by atoms with E-state index in [1.807, 2.05) is 54.6 Å². The highest BCUT2D eigenvalue weighted by Gasteiger charge is 2.14. The largest absolute Gasteiger partial charge is 0.497 e. The maximum absolute atomic E-state index is 9.56. The van der Waals surface area contributed by atoms with Gasteiger partial charge in [0.1, 0.15) is 29.2 Å². The molecule has 4 nitrogen and oxygen atoms in total. The van der Waals surface area contributed by atoms with Crippen LogP contribution in [0.1, 0.15) is 10.6 Å². The summed E-state index contributed by atoms with van der Waals surface area (Å²) in [6, 6.07) is 15.9. The number of para-hydroxylation sites is 1. The van der Waals surface area contributed by atoms with Gasteiger partial charge < -0.3 is 9.47 Å². The summed E-state index contributed by atoms with van der Waals surface area (Å²) < 4.78 is 12.1. The summed E-state index contributed by atoms with van der Waals surface area (Å²) in [5.74, 6) is 1.55. The summed E-state index contributed by atoms with van der Waals surface area (Å²) >= 11 is 1.52. The van der Waals surface area contributed by atoms with Crippen LogP contribution in [0, 0.1) is 11.3 Å². The maximum atomic E-state index is 9.56. The predicted molar refractivity (Wildman–Crippen MR) is 99.7 cm³/mol. The first-order chi connectivity index (χ1) is 12.3. The van der Waals surface area contributed by atoms with E-state index in [1.165, 1.54) is 11.3 Å². The average molecular weight is 346 g/mol. The lowest BCUT2D eigenvalue weighted by Crippen LogP contribution is -2.06. The molecule has 25 heavy (non-hydrogen) atoms. The number of allylic oxidation sites excluding steroid dienone is 1. The molecule has 0 saturated heterocycles. The molecule has 1 aliphatic rings. The van der Waals surface area contributed by atoms with E-state index in [4.69, 9.17) is 9.47 Å². The summed E-state index contributed by atoms with van der Waals surface area (Å²) in [7, 11) is 1.63. The number of aromatic nitrogens is 1. The highest BCUT2D eigenvalue weighted by atomic mass is 32.1. The number of methoxy groups -OCH3 is 1. The number of fused-ring (bicyclic) bond motifs is 2. The lowest BCUT2D eigenvalue weighted by molar-refractivity contribution is 0.346. The molecular weight excluding hydrogens is 332 g/mol. The number of rotatable bonds is 3. The maximum Gasteiger partial charge on any atom is 0.135 e. The molecule has 0 aliphatic carbocycles. The summed E-state index contributed by atoms with van der Waals surface area (Å²) in [5, 5.41) is 10.3. The third kappa shape index (κ3) is 3.00. The Bertz CT molecular complexity index is 1020. The van der Waals surface area contributed by atoms with Crippen LogP contribution in [0.2, 0.25) is 0 Å². The third-order valence-corrected chi connectivity index (χ3v) is 5.00. The van der Waals surface area contributed by atoms with Crippen molar-refractivity contribution in [2.75, 3.05) is 13.7 Å². The molecule has 5 heteroatoms. The van der Waals surface area contributed by atoms with E-state index < -0.39 is 0 Å². The fraction of sp³-hybridized carbons (Fsp3) is 0.100. The summed E-state index contributed by atoms with van der Waals surface area (Å²) in [6.07, 6.45) is 3.88. The smallest absolute Gasteiger partial charge is 0.135 e. The number of nitriles is 1. The van der Waals surface area contributed by atoms with Gasteiger partial charge in [-0.15, -0.1) is 11.3 Å². The van der Waals surface area contributed by atoms with Gasteiger partial charge in [-0.3, -0.25) is 0 Å². The fourth-order valence-electron chi connectivity index (χ4n) is 2.69. The second-order valence-electron chi connectivity index (χ2n) is 5.57. The minimum absolute atomic E-state index is 0.413. The minimum Gasteiger partial charge on any atom is -0.497 e. The molecule has 1 aromatic heterocycles. The molecule has 0 amide bonds. The molecule has 0 fully saturated rings. The van der Waals surface area contributed by atoms with Gasteiger partial charge in [-0.05, 0) is 42.0 Å². The molecule has 0 saturated carbocycles. The first kappa shape index (κ1) is 15.4. The molecule has 0 bridgehead atoms. The van der Waals surface area contributed by atoms with Crippen LogP contribution in [-0.4, -0.2) is 18.7 Å². The monoisotopic (exact) mass is 346 g/mol. The van der Waals surface area contributed by atoms with Gasteiger partial charge in [-0.25, -0.2) is 4.98 Å². The number of hydrogen-bond acceptors (Lipinski definition) is 5. The Morgan fingerprint density at radius 1 is 1.32 bits per heavy atom. The molecule has 2 aromatic carbocycles. The highest BCUT2D eigenvalue weighted by Crippen LogP contribution is 2.32. The molecule has 122 valence electrons. The van der Waals surface area contributed by atoms with Crippen LogP contribution in [0.4, 0.5) is 0 Å². The van der Waals surface area contributed by atoms with E-state index >= 15 is 0 Å². The average Bonchev–Trinajstić information content (AvgIpc) is 3.09. The Morgan fingerprint density at radius 2 is 2.20 bits per heavy atom. The Kier molecular flexibility index (Phi) is 3.96. The number of benzene rings is 2. The number of nitrogens with zero attached hydrogens (tertiary/aromatic N) is 2. The Balaban J connectivity index is 1.70. The van der Waals surface area contributed by atoms with Crippen LogP contribution < -0.4 is 9.47 Å². The Hall–Kier alpha value is -3.10. The van der Waals surface area contributed by atoms with E-state index in [-0.39, 0.29) is 0 Å². The topological polar surface area (TPSA) is 55.1 Å². The van der Waals surface area contributed by atoms with Gasteiger partial charge in [-0.1, -0.05) is 12.1 Å². The lowest BCUT2D eigenvalue weighted by atomic mass is 10.1. The van der Waals surface area contributed by atoms with Crippen LogP contribution in [-0.2, 0) is 0 Å². The van der Waals surface area contributed by atoms with Gasteiger partial charge in [-0.2, -0.15) is 5.26 Å². The molecule has 2 heterocycles. The zero-order chi connectivity index (χ0) is 17.2. The zero-order valence-electron chi connectivity index (χ0n) is 13.5. The molecule has 0 atom stereocenters. The van der Waals surface area contributed by atoms with Crippen LogP contribution in [0.3, 0.4) is 0 Å². The third-order valence-electron chi connectivity index (χ3n) is 3.93. The van der Waals surface area contributed by atoms with Crippen molar-refractivity contribution in [3.63, 3.8) is 0 Å². The molecular formula is C20H14N2O2S. The molecule has 0 unspecified atom stereocenters. The SMILES string of the molecule is COc1ccc2c(c1)OCC(/C=C(/C#N)c1nc3ccccc3s1)=C2. The van der Waals surface area contributed by atoms with Crippen molar-refractivity contribution >= 4 is 33.2 Å².